The molecule has 0 amide bonds. The summed E-state index contributed by atoms with van der Waals surface area (Å²) >= 11 is 0. The van der Waals surface area contributed by atoms with E-state index in [0.29, 0.717) is 0 Å². The van der Waals surface area contributed by atoms with Crippen molar-refractivity contribution in [3.63, 3.8) is 0 Å². The van der Waals surface area contributed by atoms with Crippen molar-refractivity contribution in [2.24, 2.45) is 0 Å². The van der Waals surface area contributed by atoms with Crippen molar-refractivity contribution in [3.05, 3.63) is 94.1 Å². The Bertz CT molecular complexity index is 582. The molecule has 0 aliphatic carbocycles. The number of hydrogen-bond donors (Lipinski definition) is 1. The highest BCUT2D eigenvalue weighted by Crippen LogP contribution is 2.24. The highest BCUT2D eigenvalue weighted by molar-refractivity contribution is 5.25. The van der Waals surface area contributed by atoms with Crippen LogP contribution in [-0.4, -0.2) is 22.2 Å². The van der Waals surface area contributed by atoms with Crippen molar-refractivity contribution >= 4 is 0 Å². The second-order valence-corrected chi connectivity index (χ2v) is 5.27. The molecule has 22 heavy (non-hydrogen) atoms. The molecule has 0 aliphatic rings. The van der Waals surface area contributed by atoms with Gasteiger partial charge in [-0.25, -0.2) is 0 Å². The number of aliphatic hydroxyl groups is 1. The minimum absolute atomic E-state index is 0.209. The second kappa shape index (κ2) is 7.52. The Kier molecular flexibility index (Phi) is 5.44. The van der Waals surface area contributed by atoms with E-state index in [0.717, 1.165) is 11.1 Å². The lowest BCUT2D eigenvalue weighted by Crippen LogP contribution is -2.41. The molecule has 0 radical (unpaired) electrons. The molecule has 0 saturated carbocycles. The van der Waals surface area contributed by atoms with Crippen LogP contribution in [0.1, 0.15) is 11.1 Å². The van der Waals surface area contributed by atoms with Crippen molar-refractivity contribution < 1.29 is 10.0 Å². The van der Waals surface area contributed by atoms with Gasteiger partial charge >= 0.3 is 0 Å². The molecule has 114 valence electrons. The molecule has 0 aliphatic heterocycles. The summed E-state index contributed by atoms with van der Waals surface area (Å²) in [7, 11) is 0. The van der Waals surface area contributed by atoms with E-state index in [1.807, 2.05) is 60.7 Å². The van der Waals surface area contributed by atoms with Crippen LogP contribution in [0.4, 0.5) is 0 Å². The Balaban J connectivity index is 2.37. The molecule has 0 unspecified atom stereocenters. The highest BCUT2D eigenvalue weighted by Gasteiger charge is 2.40. The van der Waals surface area contributed by atoms with Crippen molar-refractivity contribution in [1.82, 2.24) is 0 Å². The first-order valence-electron chi connectivity index (χ1n) is 7.17. The van der Waals surface area contributed by atoms with Gasteiger partial charge in [0.25, 0.3) is 0 Å². The average Bonchev–Trinajstić information content (AvgIpc) is 2.54. The fraction of sp³-hybridized carbons (Fsp3) is 0.222. The summed E-state index contributed by atoms with van der Waals surface area (Å²) in [4.78, 5) is 11.6. The first-order chi connectivity index (χ1) is 10.7. The first kappa shape index (κ1) is 15.9. The summed E-state index contributed by atoms with van der Waals surface area (Å²) in [6.45, 7) is -0.209. The molecule has 0 atom stereocenters. The summed E-state index contributed by atoms with van der Waals surface area (Å²) in [5, 5.41) is 20.8. The Morgan fingerprint density at radius 1 is 0.955 bits per heavy atom. The molecule has 4 heteroatoms. The van der Waals surface area contributed by atoms with Crippen LogP contribution in [0.3, 0.4) is 0 Å². The van der Waals surface area contributed by atoms with E-state index < -0.39 is 5.54 Å². The van der Waals surface area contributed by atoms with Gasteiger partial charge in [-0.3, -0.25) is 10.1 Å². The van der Waals surface area contributed by atoms with Gasteiger partial charge in [0.05, 0.1) is 6.61 Å². The lowest BCUT2D eigenvalue weighted by Gasteiger charge is -2.22. The van der Waals surface area contributed by atoms with Crippen molar-refractivity contribution in [2.45, 2.75) is 18.4 Å². The van der Waals surface area contributed by atoms with Crippen LogP contribution in [0.25, 0.3) is 0 Å². The molecule has 2 aromatic rings. The maximum absolute atomic E-state index is 11.8. The lowest BCUT2D eigenvalue weighted by atomic mass is 9.85. The summed E-state index contributed by atoms with van der Waals surface area (Å²) in [5.41, 5.74) is 0.543. The lowest BCUT2D eigenvalue weighted by molar-refractivity contribution is -0.554. The Morgan fingerprint density at radius 3 is 1.77 bits per heavy atom. The standard InChI is InChI=1S/C18H19NO3/c20-13-7-12-18(19(21)22,14-16-8-3-1-4-9-16)15-17-10-5-2-6-11-17/h1-12,20H,13-15H2. The normalized spacial score (nSPS) is 11.7. The monoisotopic (exact) mass is 297 g/mol. The maximum Gasteiger partial charge on any atom is 0.248 e. The van der Waals surface area contributed by atoms with E-state index >= 15 is 0 Å². The zero-order valence-electron chi connectivity index (χ0n) is 12.3. The Hall–Kier alpha value is -2.46. The average molecular weight is 297 g/mol. The fourth-order valence-electron chi connectivity index (χ4n) is 2.54. The number of aliphatic hydroxyl groups excluding tert-OH is 1. The van der Waals surface area contributed by atoms with Gasteiger partial charge in [0.1, 0.15) is 0 Å². The maximum atomic E-state index is 11.8. The van der Waals surface area contributed by atoms with Crippen LogP contribution in [-0.2, 0) is 12.8 Å². The predicted octanol–water partition coefficient (Wildman–Crippen LogP) is 3.04. The molecule has 0 saturated heterocycles. The van der Waals surface area contributed by atoms with E-state index in [9.17, 15) is 10.1 Å². The van der Waals surface area contributed by atoms with E-state index in [1.165, 1.54) is 12.2 Å². The Morgan fingerprint density at radius 2 is 1.41 bits per heavy atom. The highest BCUT2D eigenvalue weighted by atomic mass is 16.6. The van der Waals surface area contributed by atoms with E-state index in [-0.39, 0.29) is 24.4 Å². The zero-order chi connectivity index (χ0) is 15.8. The molecule has 0 fully saturated rings. The number of nitro groups is 1. The minimum Gasteiger partial charge on any atom is -0.392 e. The van der Waals surface area contributed by atoms with Crippen LogP contribution < -0.4 is 0 Å². The van der Waals surface area contributed by atoms with Crippen LogP contribution in [0, 0.1) is 10.1 Å². The number of rotatable bonds is 7. The largest absolute Gasteiger partial charge is 0.392 e. The molecule has 0 bridgehead atoms. The third-order valence-electron chi connectivity index (χ3n) is 3.60. The molecular formula is C18H19NO3. The minimum atomic E-state index is -1.26. The van der Waals surface area contributed by atoms with Gasteiger partial charge in [-0.05, 0) is 17.2 Å². The number of nitrogens with zero attached hydrogens (tertiary/aromatic N) is 1. The number of benzene rings is 2. The summed E-state index contributed by atoms with van der Waals surface area (Å²) in [6, 6.07) is 18.8. The van der Waals surface area contributed by atoms with Crippen LogP contribution >= 0.6 is 0 Å². The van der Waals surface area contributed by atoms with E-state index in [1.54, 1.807) is 0 Å². The van der Waals surface area contributed by atoms with E-state index in [4.69, 9.17) is 5.11 Å². The van der Waals surface area contributed by atoms with Crippen LogP contribution in [0.2, 0.25) is 0 Å². The molecule has 0 aromatic heterocycles. The zero-order valence-corrected chi connectivity index (χ0v) is 12.3. The van der Waals surface area contributed by atoms with Gasteiger partial charge in [-0.2, -0.15) is 0 Å². The summed E-state index contributed by atoms with van der Waals surface area (Å²) in [5.74, 6) is 0. The van der Waals surface area contributed by atoms with Gasteiger partial charge in [0.15, 0.2) is 0 Å². The molecular weight excluding hydrogens is 278 g/mol. The van der Waals surface area contributed by atoms with Crippen LogP contribution in [0.15, 0.2) is 72.8 Å². The summed E-state index contributed by atoms with van der Waals surface area (Å²) < 4.78 is 0. The third-order valence-corrected chi connectivity index (χ3v) is 3.60. The third kappa shape index (κ3) is 4.02. The predicted molar refractivity (Wildman–Crippen MR) is 86.2 cm³/mol. The molecule has 0 heterocycles. The molecule has 2 aromatic carbocycles. The van der Waals surface area contributed by atoms with Crippen LogP contribution in [0.5, 0.6) is 0 Å². The molecule has 2 rings (SSSR count). The van der Waals surface area contributed by atoms with Gasteiger partial charge in [0, 0.05) is 17.8 Å². The van der Waals surface area contributed by atoms with Gasteiger partial charge in [0.2, 0.25) is 5.54 Å². The van der Waals surface area contributed by atoms with Crippen molar-refractivity contribution in [3.8, 4) is 0 Å². The van der Waals surface area contributed by atoms with Gasteiger partial charge < -0.3 is 5.11 Å². The Labute approximate surface area is 129 Å². The topological polar surface area (TPSA) is 63.4 Å². The second-order valence-electron chi connectivity index (χ2n) is 5.27. The quantitative estimate of drug-likeness (QED) is 0.485. The van der Waals surface area contributed by atoms with Crippen molar-refractivity contribution in [1.29, 1.82) is 0 Å². The van der Waals surface area contributed by atoms with Gasteiger partial charge in [-0.15, -0.1) is 0 Å². The molecule has 1 N–H and O–H groups in total. The van der Waals surface area contributed by atoms with Gasteiger partial charge in [-0.1, -0.05) is 66.7 Å². The fourth-order valence-corrected chi connectivity index (χ4v) is 2.54. The summed E-state index contributed by atoms with van der Waals surface area (Å²) in [6.07, 6.45) is 3.54. The smallest absolute Gasteiger partial charge is 0.248 e. The SMILES string of the molecule is O=[N+]([O-])C(C=CCO)(Cc1ccccc1)Cc1ccccc1. The molecule has 4 nitrogen and oxygen atoms in total. The molecule has 0 spiro atoms. The van der Waals surface area contributed by atoms with E-state index in [2.05, 4.69) is 0 Å². The number of hydrogen-bond acceptors (Lipinski definition) is 3. The first-order valence-corrected chi connectivity index (χ1v) is 7.17. The van der Waals surface area contributed by atoms with Crippen molar-refractivity contribution in [2.75, 3.05) is 6.61 Å².